The van der Waals surface area contributed by atoms with Crippen molar-refractivity contribution in [2.45, 2.75) is 39.3 Å². The molecule has 102 valence electrons. The van der Waals surface area contributed by atoms with Crippen LogP contribution in [-0.4, -0.2) is 17.5 Å². The van der Waals surface area contributed by atoms with Gasteiger partial charge in [0.15, 0.2) is 0 Å². The molecule has 1 rings (SSSR count). The third kappa shape index (κ3) is 5.83. The highest BCUT2D eigenvalue weighted by molar-refractivity contribution is 7.99. The Labute approximate surface area is 112 Å². The number of thioether (sulfide) groups is 1. The Morgan fingerprint density at radius 1 is 1.33 bits per heavy atom. The smallest absolute Gasteiger partial charge is 0.263 e. The Bertz CT molecular complexity index is 344. The second-order valence-electron chi connectivity index (χ2n) is 4.31. The number of nitrogens with one attached hydrogen (secondary N) is 1. The SMILES string of the molecule is CCSCCC(C)NCc1cccc(C(F)F)c1. The highest BCUT2D eigenvalue weighted by Crippen LogP contribution is 2.19. The first kappa shape index (κ1) is 15.4. The highest BCUT2D eigenvalue weighted by atomic mass is 32.2. The molecule has 1 aromatic carbocycles. The van der Waals surface area contributed by atoms with E-state index in [2.05, 4.69) is 19.2 Å². The van der Waals surface area contributed by atoms with Crippen molar-refractivity contribution >= 4 is 11.8 Å². The van der Waals surface area contributed by atoms with Crippen molar-refractivity contribution in [2.24, 2.45) is 0 Å². The molecular formula is C14H21F2NS. The van der Waals surface area contributed by atoms with Crippen LogP contribution in [0.2, 0.25) is 0 Å². The fraction of sp³-hybridized carbons (Fsp3) is 0.571. The summed E-state index contributed by atoms with van der Waals surface area (Å²) in [7, 11) is 0. The van der Waals surface area contributed by atoms with E-state index in [0.717, 1.165) is 23.5 Å². The van der Waals surface area contributed by atoms with E-state index < -0.39 is 6.43 Å². The van der Waals surface area contributed by atoms with Gasteiger partial charge in [-0.1, -0.05) is 25.1 Å². The molecule has 18 heavy (non-hydrogen) atoms. The Balaban J connectivity index is 2.36. The van der Waals surface area contributed by atoms with Gasteiger partial charge in [0.2, 0.25) is 0 Å². The molecular weight excluding hydrogens is 252 g/mol. The van der Waals surface area contributed by atoms with E-state index >= 15 is 0 Å². The van der Waals surface area contributed by atoms with Gasteiger partial charge in [0.05, 0.1) is 0 Å². The van der Waals surface area contributed by atoms with Crippen LogP contribution in [0.3, 0.4) is 0 Å². The van der Waals surface area contributed by atoms with Crippen molar-refractivity contribution in [3.8, 4) is 0 Å². The molecule has 1 N–H and O–H groups in total. The molecule has 0 saturated heterocycles. The summed E-state index contributed by atoms with van der Waals surface area (Å²) in [6.45, 7) is 4.93. The number of rotatable bonds is 8. The highest BCUT2D eigenvalue weighted by Gasteiger charge is 2.07. The predicted octanol–water partition coefficient (Wildman–Crippen LogP) is 4.25. The van der Waals surface area contributed by atoms with Crippen LogP contribution in [0.5, 0.6) is 0 Å². The Hall–Kier alpha value is -0.610. The molecule has 1 unspecified atom stereocenters. The molecule has 0 radical (unpaired) electrons. The molecule has 0 amide bonds. The molecule has 0 aliphatic heterocycles. The zero-order valence-electron chi connectivity index (χ0n) is 11.0. The molecule has 0 saturated carbocycles. The summed E-state index contributed by atoms with van der Waals surface area (Å²) in [6, 6.07) is 7.03. The third-order valence-corrected chi connectivity index (χ3v) is 3.69. The lowest BCUT2D eigenvalue weighted by molar-refractivity contribution is 0.151. The minimum absolute atomic E-state index is 0.100. The minimum Gasteiger partial charge on any atom is -0.310 e. The molecule has 0 aliphatic carbocycles. The number of hydrogen-bond donors (Lipinski definition) is 1. The quantitative estimate of drug-likeness (QED) is 0.711. The Morgan fingerprint density at radius 3 is 2.78 bits per heavy atom. The lowest BCUT2D eigenvalue weighted by atomic mass is 10.1. The van der Waals surface area contributed by atoms with Gasteiger partial charge in [-0.15, -0.1) is 0 Å². The number of hydrogen-bond acceptors (Lipinski definition) is 2. The fourth-order valence-electron chi connectivity index (χ4n) is 1.64. The zero-order valence-corrected chi connectivity index (χ0v) is 11.8. The molecule has 0 spiro atoms. The summed E-state index contributed by atoms with van der Waals surface area (Å²) in [4.78, 5) is 0. The van der Waals surface area contributed by atoms with Crippen molar-refractivity contribution in [3.05, 3.63) is 35.4 Å². The lowest BCUT2D eigenvalue weighted by Crippen LogP contribution is -2.26. The van der Waals surface area contributed by atoms with E-state index in [9.17, 15) is 8.78 Å². The van der Waals surface area contributed by atoms with E-state index in [1.54, 1.807) is 12.1 Å². The first-order valence-corrected chi connectivity index (χ1v) is 7.47. The summed E-state index contributed by atoms with van der Waals surface area (Å²) in [5, 5.41) is 3.37. The van der Waals surface area contributed by atoms with Crippen LogP contribution in [0.4, 0.5) is 8.78 Å². The van der Waals surface area contributed by atoms with Gasteiger partial charge in [-0.05, 0) is 36.5 Å². The first-order valence-electron chi connectivity index (χ1n) is 6.31. The number of halogens is 2. The molecule has 0 bridgehead atoms. The second kappa shape index (κ2) is 8.48. The predicted molar refractivity (Wildman–Crippen MR) is 75.3 cm³/mol. The van der Waals surface area contributed by atoms with Gasteiger partial charge in [0.25, 0.3) is 6.43 Å². The molecule has 1 nitrogen and oxygen atoms in total. The van der Waals surface area contributed by atoms with Gasteiger partial charge in [-0.25, -0.2) is 8.78 Å². The summed E-state index contributed by atoms with van der Waals surface area (Å²) in [5.74, 6) is 2.28. The Kier molecular flexibility index (Phi) is 7.28. The molecule has 0 fully saturated rings. The Morgan fingerprint density at radius 2 is 2.11 bits per heavy atom. The van der Waals surface area contributed by atoms with E-state index in [1.165, 1.54) is 6.07 Å². The largest absolute Gasteiger partial charge is 0.310 e. The molecule has 1 atom stereocenters. The standard InChI is InChI=1S/C14H21F2NS/c1-3-18-8-7-11(2)17-10-12-5-4-6-13(9-12)14(15)16/h4-6,9,11,14,17H,3,7-8,10H2,1-2H3. The van der Waals surface area contributed by atoms with Crippen LogP contribution in [0.15, 0.2) is 24.3 Å². The molecule has 4 heteroatoms. The van der Waals surface area contributed by atoms with Crippen LogP contribution in [-0.2, 0) is 6.54 Å². The normalized spacial score (nSPS) is 12.9. The van der Waals surface area contributed by atoms with Gasteiger partial charge in [0, 0.05) is 18.2 Å². The van der Waals surface area contributed by atoms with Crippen molar-refractivity contribution in [1.82, 2.24) is 5.32 Å². The average molecular weight is 273 g/mol. The second-order valence-corrected chi connectivity index (χ2v) is 5.71. The van der Waals surface area contributed by atoms with Gasteiger partial charge in [-0.2, -0.15) is 11.8 Å². The van der Waals surface area contributed by atoms with E-state index in [4.69, 9.17) is 0 Å². The summed E-state index contributed by atoms with van der Waals surface area (Å²) < 4.78 is 25.1. The van der Waals surface area contributed by atoms with Crippen LogP contribution < -0.4 is 5.32 Å². The summed E-state index contributed by atoms with van der Waals surface area (Å²) in [5.41, 5.74) is 1.02. The monoisotopic (exact) mass is 273 g/mol. The van der Waals surface area contributed by atoms with Crippen molar-refractivity contribution < 1.29 is 8.78 Å². The van der Waals surface area contributed by atoms with Crippen molar-refractivity contribution in [2.75, 3.05) is 11.5 Å². The van der Waals surface area contributed by atoms with Crippen LogP contribution in [0.25, 0.3) is 0 Å². The fourth-order valence-corrected chi connectivity index (χ4v) is 2.45. The van der Waals surface area contributed by atoms with Crippen LogP contribution >= 0.6 is 11.8 Å². The van der Waals surface area contributed by atoms with Crippen LogP contribution in [0.1, 0.15) is 37.8 Å². The van der Waals surface area contributed by atoms with Crippen molar-refractivity contribution in [1.29, 1.82) is 0 Å². The van der Waals surface area contributed by atoms with E-state index in [0.29, 0.717) is 12.6 Å². The number of alkyl halides is 2. The maximum absolute atomic E-state index is 12.5. The van der Waals surface area contributed by atoms with Gasteiger partial charge >= 0.3 is 0 Å². The average Bonchev–Trinajstić information content (AvgIpc) is 2.37. The molecule has 0 aliphatic rings. The number of benzene rings is 1. The van der Waals surface area contributed by atoms with E-state index in [1.807, 2.05) is 17.8 Å². The first-order chi connectivity index (χ1) is 8.63. The van der Waals surface area contributed by atoms with Crippen molar-refractivity contribution in [3.63, 3.8) is 0 Å². The molecule has 0 heterocycles. The van der Waals surface area contributed by atoms with Crippen LogP contribution in [0, 0.1) is 0 Å². The maximum atomic E-state index is 12.5. The van der Waals surface area contributed by atoms with Gasteiger partial charge in [0.1, 0.15) is 0 Å². The maximum Gasteiger partial charge on any atom is 0.263 e. The molecule has 0 aromatic heterocycles. The summed E-state index contributed by atoms with van der Waals surface area (Å²) in [6.07, 6.45) is -1.28. The lowest BCUT2D eigenvalue weighted by Gasteiger charge is -2.13. The minimum atomic E-state index is -2.39. The molecule has 1 aromatic rings. The topological polar surface area (TPSA) is 12.0 Å². The van der Waals surface area contributed by atoms with E-state index in [-0.39, 0.29) is 5.56 Å². The van der Waals surface area contributed by atoms with Gasteiger partial charge in [-0.3, -0.25) is 0 Å². The third-order valence-electron chi connectivity index (χ3n) is 2.76. The van der Waals surface area contributed by atoms with Gasteiger partial charge < -0.3 is 5.32 Å². The summed E-state index contributed by atoms with van der Waals surface area (Å²) >= 11 is 1.93. The zero-order chi connectivity index (χ0) is 13.4.